The van der Waals surface area contributed by atoms with Crippen molar-refractivity contribution in [2.75, 3.05) is 13.2 Å². The summed E-state index contributed by atoms with van der Waals surface area (Å²) < 4.78 is 11.2. The van der Waals surface area contributed by atoms with Crippen LogP contribution in [0.25, 0.3) is 16.8 Å². The first-order valence-corrected chi connectivity index (χ1v) is 10.3. The highest BCUT2D eigenvalue weighted by molar-refractivity contribution is 5.58. The lowest BCUT2D eigenvalue weighted by Crippen LogP contribution is -2.24. The van der Waals surface area contributed by atoms with Gasteiger partial charge in [-0.2, -0.15) is 0 Å². The van der Waals surface area contributed by atoms with E-state index in [4.69, 9.17) is 4.74 Å². The maximum Gasteiger partial charge on any atom is 0.276 e. The van der Waals surface area contributed by atoms with Crippen LogP contribution in [0.1, 0.15) is 35.8 Å². The van der Waals surface area contributed by atoms with Crippen LogP contribution in [0.4, 0.5) is 0 Å². The van der Waals surface area contributed by atoms with E-state index in [0.29, 0.717) is 17.9 Å². The third-order valence-electron chi connectivity index (χ3n) is 5.98. The summed E-state index contributed by atoms with van der Waals surface area (Å²) in [6, 6.07) is 8.37. The summed E-state index contributed by atoms with van der Waals surface area (Å²) in [6.45, 7) is 1.50. The Kier molecular flexibility index (Phi) is 4.75. The Morgan fingerprint density at radius 2 is 1.83 bits per heavy atom. The van der Waals surface area contributed by atoms with E-state index in [0.717, 1.165) is 54.4 Å². The Morgan fingerprint density at radius 1 is 1.07 bits per heavy atom. The lowest BCUT2D eigenvalue weighted by molar-refractivity contribution is 0.0835. The van der Waals surface area contributed by atoms with Gasteiger partial charge in [0.15, 0.2) is 0 Å². The lowest BCUT2D eigenvalue weighted by atomic mass is 9.99. The SMILES string of the molecule is Cn1cnc(-c2ccc(Cc3cn4c(C5CCOCC5)ncc4c(=O)n3C)cc2)c1. The van der Waals surface area contributed by atoms with E-state index in [1.54, 1.807) is 17.1 Å². The molecule has 0 saturated carbocycles. The van der Waals surface area contributed by atoms with Crippen LogP contribution < -0.4 is 5.56 Å². The zero-order chi connectivity index (χ0) is 20.7. The van der Waals surface area contributed by atoms with E-state index in [9.17, 15) is 4.79 Å². The number of nitrogens with zero attached hydrogens (tertiary/aromatic N) is 5. The first-order valence-electron chi connectivity index (χ1n) is 10.3. The molecule has 1 fully saturated rings. The van der Waals surface area contributed by atoms with Crippen LogP contribution in [0, 0.1) is 0 Å². The van der Waals surface area contributed by atoms with E-state index < -0.39 is 0 Å². The maximum atomic E-state index is 12.9. The Bertz CT molecular complexity index is 1240. The molecule has 1 aliphatic heterocycles. The quantitative estimate of drug-likeness (QED) is 0.526. The van der Waals surface area contributed by atoms with Crippen LogP contribution in [-0.4, -0.2) is 36.7 Å². The number of fused-ring (bicyclic) bond motifs is 1. The molecule has 4 heterocycles. The minimum Gasteiger partial charge on any atom is -0.381 e. The minimum atomic E-state index is -0.0107. The number of hydrogen-bond donors (Lipinski definition) is 0. The van der Waals surface area contributed by atoms with Crippen molar-refractivity contribution in [2.24, 2.45) is 14.1 Å². The summed E-state index contributed by atoms with van der Waals surface area (Å²) in [4.78, 5) is 22.0. The van der Waals surface area contributed by atoms with Crippen molar-refractivity contribution in [2.45, 2.75) is 25.2 Å². The Labute approximate surface area is 174 Å². The maximum absolute atomic E-state index is 12.9. The average molecular weight is 403 g/mol. The van der Waals surface area contributed by atoms with Crippen LogP contribution in [0.5, 0.6) is 0 Å². The second-order valence-electron chi connectivity index (χ2n) is 8.04. The van der Waals surface area contributed by atoms with Gasteiger partial charge in [0.2, 0.25) is 0 Å². The molecular weight excluding hydrogens is 378 g/mol. The zero-order valence-corrected chi connectivity index (χ0v) is 17.3. The van der Waals surface area contributed by atoms with Gasteiger partial charge in [0.1, 0.15) is 11.3 Å². The van der Waals surface area contributed by atoms with Gasteiger partial charge in [-0.15, -0.1) is 0 Å². The molecule has 30 heavy (non-hydrogen) atoms. The van der Waals surface area contributed by atoms with Crippen molar-refractivity contribution < 1.29 is 4.74 Å². The monoisotopic (exact) mass is 403 g/mol. The van der Waals surface area contributed by atoms with Gasteiger partial charge >= 0.3 is 0 Å². The third-order valence-corrected chi connectivity index (χ3v) is 5.98. The molecule has 4 aromatic rings. The normalized spacial score (nSPS) is 15.1. The predicted octanol–water partition coefficient (Wildman–Crippen LogP) is 2.92. The van der Waals surface area contributed by atoms with Gasteiger partial charge in [-0.05, 0) is 18.4 Å². The molecule has 0 bridgehead atoms. The van der Waals surface area contributed by atoms with Crippen molar-refractivity contribution in [1.82, 2.24) is 23.5 Å². The number of aromatic nitrogens is 5. The molecule has 3 aromatic heterocycles. The van der Waals surface area contributed by atoms with E-state index in [2.05, 4.69) is 40.4 Å². The van der Waals surface area contributed by atoms with Crippen molar-refractivity contribution in [3.05, 3.63) is 76.6 Å². The Morgan fingerprint density at radius 3 is 2.53 bits per heavy atom. The summed E-state index contributed by atoms with van der Waals surface area (Å²) in [5.41, 5.74) is 4.77. The summed E-state index contributed by atoms with van der Waals surface area (Å²) in [6.07, 6.45) is 10.1. The average Bonchev–Trinajstić information content (AvgIpc) is 3.39. The summed E-state index contributed by atoms with van der Waals surface area (Å²) in [5, 5.41) is 0. The number of hydrogen-bond acceptors (Lipinski definition) is 4. The summed E-state index contributed by atoms with van der Waals surface area (Å²) >= 11 is 0. The number of rotatable bonds is 4. The van der Waals surface area contributed by atoms with E-state index in [1.807, 2.05) is 29.3 Å². The molecule has 1 aromatic carbocycles. The first-order chi connectivity index (χ1) is 14.6. The van der Waals surface area contributed by atoms with E-state index in [-0.39, 0.29) is 5.56 Å². The highest BCUT2D eigenvalue weighted by Crippen LogP contribution is 2.26. The van der Waals surface area contributed by atoms with Crippen LogP contribution >= 0.6 is 0 Å². The van der Waals surface area contributed by atoms with Gasteiger partial charge in [-0.3, -0.25) is 9.20 Å². The van der Waals surface area contributed by atoms with Gasteiger partial charge in [0, 0.05) is 63.3 Å². The van der Waals surface area contributed by atoms with E-state index in [1.165, 1.54) is 0 Å². The Balaban J connectivity index is 1.47. The summed E-state index contributed by atoms with van der Waals surface area (Å²) in [5.74, 6) is 1.30. The molecular formula is C23H25N5O2. The molecule has 1 saturated heterocycles. The third kappa shape index (κ3) is 3.35. The first kappa shape index (κ1) is 18.8. The van der Waals surface area contributed by atoms with Crippen molar-refractivity contribution in [1.29, 1.82) is 0 Å². The van der Waals surface area contributed by atoms with Gasteiger partial charge in [0.25, 0.3) is 5.56 Å². The molecule has 154 valence electrons. The standard InChI is InChI=1S/C23H25N5O2/c1-26-14-20(25-15-26)17-5-3-16(4-6-17)11-19-13-28-21(23(29)27(19)2)12-24-22(28)18-7-9-30-10-8-18/h3-6,12-15,18H,7-11H2,1-2H3. The van der Waals surface area contributed by atoms with Crippen LogP contribution in [0.2, 0.25) is 0 Å². The largest absolute Gasteiger partial charge is 0.381 e. The molecule has 7 heteroatoms. The predicted molar refractivity (Wildman–Crippen MR) is 115 cm³/mol. The Hall–Kier alpha value is -3.19. The number of ether oxygens (including phenoxy) is 1. The topological polar surface area (TPSA) is 66.3 Å². The van der Waals surface area contributed by atoms with Gasteiger partial charge in [-0.1, -0.05) is 24.3 Å². The highest BCUT2D eigenvalue weighted by Gasteiger charge is 2.22. The second-order valence-corrected chi connectivity index (χ2v) is 8.04. The fourth-order valence-electron chi connectivity index (χ4n) is 4.19. The smallest absolute Gasteiger partial charge is 0.276 e. The lowest BCUT2D eigenvalue weighted by Gasteiger charge is -2.21. The molecule has 7 nitrogen and oxygen atoms in total. The van der Waals surface area contributed by atoms with Crippen LogP contribution in [-0.2, 0) is 25.3 Å². The van der Waals surface area contributed by atoms with Crippen LogP contribution in [0.3, 0.4) is 0 Å². The molecule has 0 unspecified atom stereocenters. The van der Waals surface area contributed by atoms with Crippen molar-refractivity contribution >= 4 is 5.52 Å². The van der Waals surface area contributed by atoms with Gasteiger partial charge in [-0.25, -0.2) is 9.97 Å². The second kappa shape index (κ2) is 7.57. The molecule has 0 amide bonds. The van der Waals surface area contributed by atoms with Crippen LogP contribution in [0.15, 0.2) is 54.0 Å². The molecule has 0 N–H and O–H groups in total. The number of imidazole rings is 2. The van der Waals surface area contributed by atoms with Crippen molar-refractivity contribution in [3.8, 4) is 11.3 Å². The van der Waals surface area contributed by atoms with Crippen molar-refractivity contribution in [3.63, 3.8) is 0 Å². The fourth-order valence-corrected chi connectivity index (χ4v) is 4.19. The minimum absolute atomic E-state index is 0.0107. The van der Waals surface area contributed by atoms with Gasteiger partial charge < -0.3 is 13.9 Å². The molecule has 5 rings (SSSR count). The van der Waals surface area contributed by atoms with Gasteiger partial charge in [0.05, 0.1) is 18.2 Å². The van der Waals surface area contributed by atoms with E-state index >= 15 is 0 Å². The molecule has 1 aliphatic rings. The highest BCUT2D eigenvalue weighted by atomic mass is 16.5. The molecule has 0 radical (unpaired) electrons. The zero-order valence-electron chi connectivity index (χ0n) is 17.3. The fraction of sp³-hybridized carbons (Fsp3) is 0.348. The summed E-state index contributed by atoms with van der Waals surface area (Å²) in [7, 11) is 3.80. The number of aryl methyl sites for hydroxylation is 1. The molecule has 0 aliphatic carbocycles. The molecule has 0 atom stereocenters. The number of benzene rings is 1. The molecule has 0 spiro atoms.